The number of benzene rings is 1. The minimum Gasteiger partial charge on any atom is -0.497 e. The molecule has 74 valence electrons. The molecule has 0 saturated carbocycles. The highest BCUT2D eigenvalue weighted by atomic mass is 16.5. The molecule has 0 spiro atoms. The summed E-state index contributed by atoms with van der Waals surface area (Å²) in [6, 6.07) is 7.68. The quantitative estimate of drug-likeness (QED) is 0.795. The predicted octanol–water partition coefficient (Wildman–Crippen LogP) is 2.33. The van der Waals surface area contributed by atoms with Crippen molar-refractivity contribution < 1.29 is 4.74 Å². The summed E-state index contributed by atoms with van der Waals surface area (Å²) in [6.07, 6.45) is 0. The molecule has 3 heteroatoms. The zero-order valence-corrected chi connectivity index (χ0v) is 8.66. The first-order chi connectivity index (χ1) is 6.67. The van der Waals surface area contributed by atoms with Gasteiger partial charge < -0.3 is 10.1 Å². The monoisotopic (exact) mass is 190 g/mol. The number of rotatable bonds is 3. The Morgan fingerprint density at radius 2 is 2.21 bits per heavy atom. The van der Waals surface area contributed by atoms with Crippen LogP contribution in [-0.4, -0.2) is 13.2 Å². The number of aryl methyl sites for hydroxylation is 1. The van der Waals surface area contributed by atoms with Gasteiger partial charge in [0.25, 0.3) is 0 Å². The zero-order chi connectivity index (χ0) is 10.6. The fourth-order valence-electron chi connectivity index (χ4n) is 1.19. The summed E-state index contributed by atoms with van der Waals surface area (Å²) in [5.74, 6) is 0.831. The van der Waals surface area contributed by atoms with Crippen molar-refractivity contribution in [3.63, 3.8) is 0 Å². The van der Waals surface area contributed by atoms with Crippen LogP contribution in [0.5, 0.6) is 5.75 Å². The van der Waals surface area contributed by atoms with Crippen molar-refractivity contribution in [1.82, 2.24) is 0 Å². The number of nitriles is 1. The topological polar surface area (TPSA) is 45.0 Å². The summed E-state index contributed by atoms with van der Waals surface area (Å²) in [7, 11) is 1.64. The molecule has 1 unspecified atom stereocenters. The summed E-state index contributed by atoms with van der Waals surface area (Å²) in [5, 5.41) is 11.7. The van der Waals surface area contributed by atoms with Crippen molar-refractivity contribution >= 4 is 5.69 Å². The molecule has 14 heavy (non-hydrogen) atoms. The maximum absolute atomic E-state index is 8.65. The molecule has 3 nitrogen and oxygen atoms in total. The Labute approximate surface area is 84.3 Å². The standard InChI is InChI=1S/C11H14N2O/c1-8-6-10(14-3)4-5-11(8)13-9(2)7-12/h4-6,9,13H,1-3H3. The molecule has 1 atom stereocenters. The SMILES string of the molecule is COc1ccc(NC(C)C#N)c(C)c1. The lowest BCUT2D eigenvalue weighted by molar-refractivity contribution is 0.414. The van der Waals surface area contributed by atoms with Gasteiger partial charge in [-0.05, 0) is 37.6 Å². The van der Waals surface area contributed by atoms with Crippen molar-refractivity contribution in [2.75, 3.05) is 12.4 Å². The number of hydrogen-bond donors (Lipinski definition) is 1. The molecular formula is C11H14N2O. The highest BCUT2D eigenvalue weighted by molar-refractivity contribution is 5.54. The van der Waals surface area contributed by atoms with Crippen molar-refractivity contribution in [3.05, 3.63) is 23.8 Å². The predicted molar refractivity (Wildman–Crippen MR) is 56.4 cm³/mol. The third-order valence-electron chi connectivity index (χ3n) is 2.00. The minimum absolute atomic E-state index is 0.179. The molecule has 0 heterocycles. The lowest BCUT2D eigenvalue weighted by Crippen LogP contribution is -2.12. The molecule has 0 aromatic heterocycles. The maximum atomic E-state index is 8.65. The zero-order valence-electron chi connectivity index (χ0n) is 8.66. The first kappa shape index (κ1) is 10.4. The van der Waals surface area contributed by atoms with E-state index in [0.717, 1.165) is 17.0 Å². The summed E-state index contributed by atoms with van der Waals surface area (Å²) in [4.78, 5) is 0. The van der Waals surface area contributed by atoms with Crippen LogP contribution in [0.3, 0.4) is 0 Å². The molecule has 0 bridgehead atoms. The van der Waals surface area contributed by atoms with Gasteiger partial charge in [0.1, 0.15) is 11.8 Å². The maximum Gasteiger partial charge on any atom is 0.119 e. The molecule has 1 N–H and O–H groups in total. The largest absolute Gasteiger partial charge is 0.497 e. The van der Waals surface area contributed by atoms with Crippen molar-refractivity contribution in [2.45, 2.75) is 19.9 Å². The van der Waals surface area contributed by atoms with Crippen LogP contribution in [0, 0.1) is 18.3 Å². The second-order valence-corrected chi connectivity index (χ2v) is 3.18. The number of anilines is 1. The van der Waals surface area contributed by atoms with E-state index in [0.29, 0.717) is 0 Å². The lowest BCUT2D eigenvalue weighted by Gasteiger charge is -2.11. The van der Waals surface area contributed by atoms with E-state index in [1.165, 1.54) is 0 Å². The van der Waals surface area contributed by atoms with Crippen LogP contribution in [0.2, 0.25) is 0 Å². The number of ether oxygens (including phenoxy) is 1. The first-order valence-corrected chi connectivity index (χ1v) is 4.48. The van der Waals surface area contributed by atoms with Crippen LogP contribution < -0.4 is 10.1 Å². The van der Waals surface area contributed by atoms with Crippen molar-refractivity contribution in [2.24, 2.45) is 0 Å². The molecule has 1 aromatic carbocycles. The van der Waals surface area contributed by atoms with E-state index in [9.17, 15) is 0 Å². The highest BCUT2D eigenvalue weighted by Gasteiger charge is 2.03. The van der Waals surface area contributed by atoms with Crippen LogP contribution in [-0.2, 0) is 0 Å². The molecule has 0 radical (unpaired) electrons. The van der Waals surface area contributed by atoms with E-state index in [4.69, 9.17) is 10.00 Å². The Hall–Kier alpha value is -1.69. The third-order valence-corrected chi connectivity index (χ3v) is 2.00. The molecule has 0 amide bonds. The third kappa shape index (κ3) is 2.40. The number of hydrogen-bond acceptors (Lipinski definition) is 3. The Bertz CT molecular complexity index is 355. The molecule has 1 rings (SSSR count). The second-order valence-electron chi connectivity index (χ2n) is 3.18. The summed E-state index contributed by atoms with van der Waals surface area (Å²) >= 11 is 0. The summed E-state index contributed by atoms with van der Waals surface area (Å²) in [5.41, 5.74) is 2.05. The molecule has 0 aliphatic rings. The van der Waals surface area contributed by atoms with E-state index < -0.39 is 0 Å². The van der Waals surface area contributed by atoms with Gasteiger partial charge in [0.15, 0.2) is 0 Å². The van der Waals surface area contributed by atoms with Gasteiger partial charge in [-0.1, -0.05) is 0 Å². The smallest absolute Gasteiger partial charge is 0.119 e. The van der Waals surface area contributed by atoms with Crippen molar-refractivity contribution in [3.8, 4) is 11.8 Å². The number of methoxy groups -OCH3 is 1. The molecular weight excluding hydrogens is 176 g/mol. The fraction of sp³-hybridized carbons (Fsp3) is 0.364. The van der Waals surface area contributed by atoms with E-state index >= 15 is 0 Å². The van der Waals surface area contributed by atoms with Crippen molar-refractivity contribution in [1.29, 1.82) is 5.26 Å². The minimum atomic E-state index is -0.179. The van der Waals surface area contributed by atoms with Crippen LogP contribution in [0.25, 0.3) is 0 Å². The van der Waals surface area contributed by atoms with Gasteiger partial charge in [-0.15, -0.1) is 0 Å². The van der Waals surface area contributed by atoms with Gasteiger partial charge >= 0.3 is 0 Å². The van der Waals surface area contributed by atoms with Crippen LogP contribution in [0.1, 0.15) is 12.5 Å². The highest BCUT2D eigenvalue weighted by Crippen LogP contribution is 2.21. The number of nitrogens with zero attached hydrogens (tertiary/aromatic N) is 1. The van der Waals surface area contributed by atoms with Crippen LogP contribution in [0.15, 0.2) is 18.2 Å². The summed E-state index contributed by atoms with van der Waals surface area (Å²) in [6.45, 7) is 3.80. The van der Waals surface area contributed by atoms with Gasteiger partial charge in [-0.3, -0.25) is 0 Å². The lowest BCUT2D eigenvalue weighted by atomic mass is 10.2. The fourth-order valence-corrected chi connectivity index (χ4v) is 1.19. The molecule has 0 saturated heterocycles. The van der Waals surface area contributed by atoms with Gasteiger partial charge in [-0.25, -0.2) is 0 Å². The summed E-state index contributed by atoms with van der Waals surface area (Å²) < 4.78 is 5.09. The second kappa shape index (κ2) is 4.52. The number of nitrogens with one attached hydrogen (secondary N) is 1. The molecule has 0 aliphatic carbocycles. The van der Waals surface area contributed by atoms with E-state index in [1.807, 2.05) is 32.0 Å². The Morgan fingerprint density at radius 1 is 1.50 bits per heavy atom. The molecule has 0 fully saturated rings. The first-order valence-electron chi connectivity index (χ1n) is 4.48. The Balaban J connectivity index is 2.85. The average Bonchev–Trinajstić information content (AvgIpc) is 2.20. The van der Waals surface area contributed by atoms with Crippen LogP contribution >= 0.6 is 0 Å². The van der Waals surface area contributed by atoms with E-state index in [1.54, 1.807) is 7.11 Å². The van der Waals surface area contributed by atoms with Gasteiger partial charge in [-0.2, -0.15) is 5.26 Å². The van der Waals surface area contributed by atoms with Crippen LogP contribution in [0.4, 0.5) is 5.69 Å². The Morgan fingerprint density at radius 3 is 2.71 bits per heavy atom. The van der Waals surface area contributed by atoms with E-state index in [-0.39, 0.29) is 6.04 Å². The molecule has 0 aliphatic heterocycles. The normalized spacial score (nSPS) is 11.6. The van der Waals surface area contributed by atoms with Gasteiger partial charge in [0.05, 0.1) is 13.2 Å². The average molecular weight is 190 g/mol. The van der Waals surface area contributed by atoms with Gasteiger partial charge in [0, 0.05) is 5.69 Å². The molecule has 1 aromatic rings. The van der Waals surface area contributed by atoms with E-state index in [2.05, 4.69) is 11.4 Å². The van der Waals surface area contributed by atoms with Gasteiger partial charge in [0.2, 0.25) is 0 Å². The Kier molecular flexibility index (Phi) is 3.35.